The second kappa shape index (κ2) is 7.78. The van der Waals surface area contributed by atoms with Gasteiger partial charge in [0, 0.05) is 5.92 Å². The summed E-state index contributed by atoms with van der Waals surface area (Å²) < 4.78 is 19.0. The van der Waals surface area contributed by atoms with Crippen molar-refractivity contribution in [2.45, 2.75) is 18.9 Å². The minimum absolute atomic E-state index is 0.0598. The number of carbonyl (C=O) groups is 4. The highest BCUT2D eigenvalue weighted by Crippen LogP contribution is 2.57. The molecule has 28 heavy (non-hydrogen) atoms. The first-order valence-corrected chi connectivity index (χ1v) is 8.58. The summed E-state index contributed by atoms with van der Waals surface area (Å²) in [6, 6.07) is 0. The lowest BCUT2D eigenvalue weighted by Crippen LogP contribution is -2.68. The van der Waals surface area contributed by atoms with Crippen molar-refractivity contribution >= 4 is 23.9 Å². The van der Waals surface area contributed by atoms with Crippen LogP contribution in [0, 0.1) is 29.6 Å². The van der Waals surface area contributed by atoms with Crippen LogP contribution in [-0.4, -0.2) is 68.1 Å². The Balaban J connectivity index is 2.89. The Morgan fingerprint density at radius 1 is 0.893 bits per heavy atom. The molecule has 10 heteroatoms. The van der Waals surface area contributed by atoms with E-state index in [0.29, 0.717) is 0 Å². The molecule has 1 saturated carbocycles. The van der Waals surface area contributed by atoms with Gasteiger partial charge in [-0.2, -0.15) is 0 Å². The second-order valence-corrected chi connectivity index (χ2v) is 6.96. The van der Waals surface area contributed by atoms with E-state index in [1.165, 1.54) is 0 Å². The number of aliphatic hydroxyl groups is 2. The van der Waals surface area contributed by atoms with Crippen molar-refractivity contribution in [1.82, 2.24) is 0 Å². The van der Waals surface area contributed by atoms with Gasteiger partial charge in [-0.15, -0.1) is 0 Å². The van der Waals surface area contributed by atoms with Crippen LogP contribution in [-0.2, 0) is 38.1 Å². The summed E-state index contributed by atoms with van der Waals surface area (Å²) >= 11 is 0. The molecule has 2 rings (SSSR count). The van der Waals surface area contributed by atoms with Crippen molar-refractivity contribution < 1.29 is 48.3 Å². The molecule has 0 aliphatic heterocycles. The maximum Gasteiger partial charge on any atom is 0.337 e. The smallest absolute Gasteiger partial charge is 0.337 e. The Hall–Kier alpha value is -2.62. The van der Waals surface area contributed by atoms with Crippen molar-refractivity contribution in [3.8, 4) is 0 Å². The lowest BCUT2D eigenvalue weighted by atomic mass is 9.50. The fourth-order valence-electron chi connectivity index (χ4n) is 4.66. The molecule has 0 radical (unpaired) electrons. The fourth-order valence-corrected chi connectivity index (χ4v) is 4.66. The lowest BCUT2D eigenvalue weighted by molar-refractivity contribution is -0.212. The van der Waals surface area contributed by atoms with E-state index < -0.39 is 64.8 Å². The Labute approximate surface area is 161 Å². The molecule has 0 aromatic rings. The molecule has 10 nitrogen and oxygen atoms in total. The number of carbonyl (C=O) groups excluding carboxylic acids is 4. The average molecular weight is 400 g/mol. The molecular weight excluding hydrogens is 376 g/mol. The molecule has 0 unspecified atom stereocenters. The van der Waals surface area contributed by atoms with E-state index in [2.05, 4.69) is 4.74 Å². The van der Waals surface area contributed by atoms with Gasteiger partial charge in [-0.3, -0.25) is 14.4 Å². The second-order valence-electron chi connectivity index (χ2n) is 6.96. The van der Waals surface area contributed by atoms with Crippen LogP contribution in [0.25, 0.3) is 0 Å². The largest absolute Gasteiger partial charge is 0.511 e. The van der Waals surface area contributed by atoms with E-state index in [0.717, 1.165) is 28.4 Å². The van der Waals surface area contributed by atoms with Crippen LogP contribution in [0.3, 0.4) is 0 Å². The highest BCUT2D eigenvalue weighted by molar-refractivity contribution is 5.95. The highest BCUT2D eigenvalue weighted by atomic mass is 16.5. The summed E-state index contributed by atoms with van der Waals surface area (Å²) in [6.07, 6.45) is 0.0598. The Bertz CT molecular complexity index is 726. The molecule has 6 atom stereocenters. The van der Waals surface area contributed by atoms with Gasteiger partial charge in [0.1, 0.15) is 17.3 Å². The van der Waals surface area contributed by atoms with Crippen LogP contribution in [0.15, 0.2) is 11.3 Å². The minimum atomic E-state index is -2.43. The van der Waals surface area contributed by atoms with Crippen LogP contribution < -0.4 is 0 Å². The van der Waals surface area contributed by atoms with Crippen LogP contribution in [0.5, 0.6) is 0 Å². The summed E-state index contributed by atoms with van der Waals surface area (Å²) in [4.78, 5) is 50.0. The number of rotatable bonds is 4. The van der Waals surface area contributed by atoms with E-state index in [1.54, 1.807) is 6.92 Å². The van der Waals surface area contributed by atoms with Crippen molar-refractivity contribution in [1.29, 1.82) is 0 Å². The molecule has 2 aliphatic rings. The number of methoxy groups -OCH3 is 4. The van der Waals surface area contributed by atoms with Gasteiger partial charge >= 0.3 is 23.9 Å². The number of fused-ring (bicyclic) bond motifs is 2. The third-order valence-electron chi connectivity index (χ3n) is 5.73. The zero-order chi connectivity index (χ0) is 21.4. The molecule has 2 bridgehead atoms. The van der Waals surface area contributed by atoms with Crippen molar-refractivity contribution in [3.63, 3.8) is 0 Å². The predicted molar refractivity (Wildman–Crippen MR) is 90.4 cm³/mol. The molecule has 0 heterocycles. The number of esters is 4. The van der Waals surface area contributed by atoms with Crippen LogP contribution in [0.2, 0.25) is 0 Å². The molecule has 0 aromatic carbocycles. The Kier molecular flexibility index (Phi) is 6.03. The predicted octanol–water partition coefficient (Wildman–Crippen LogP) is -0.260. The van der Waals surface area contributed by atoms with Crippen molar-refractivity contribution in [3.05, 3.63) is 11.3 Å². The fraction of sp³-hybridized carbons (Fsp3) is 0.667. The highest BCUT2D eigenvalue weighted by Gasteiger charge is 2.70. The Morgan fingerprint density at radius 2 is 1.39 bits per heavy atom. The number of hydrogen-bond donors (Lipinski definition) is 2. The molecule has 0 amide bonds. The number of ether oxygens (including phenoxy) is 4. The van der Waals surface area contributed by atoms with Gasteiger partial charge in [-0.1, -0.05) is 6.92 Å². The number of hydrogen-bond acceptors (Lipinski definition) is 10. The third-order valence-corrected chi connectivity index (χ3v) is 5.73. The first-order chi connectivity index (χ1) is 13.1. The Morgan fingerprint density at radius 3 is 1.86 bits per heavy atom. The van der Waals surface area contributed by atoms with Crippen LogP contribution in [0.4, 0.5) is 0 Å². The SMILES string of the molecule is COC(=O)C1=C(O)[C@@H](C(=O)OC)[C@]2(O)[C@H](C(=O)OC)[C@@H](C)C[C@@H]1[C@@H]2C(=O)OC. The molecule has 156 valence electrons. The molecule has 0 spiro atoms. The first-order valence-electron chi connectivity index (χ1n) is 8.58. The molecule has 2 aliphatic carbocycles. The normalized spacial score (nSPS) is 34.3. The lowest BCUT2D eigenvalue weighted by Gasteiger charge is -2.54. The standard InChI is InChI=1S/C18H24O10/c1-7-6-8-9(14(20)25-2)13(19)12(17(23)28-5)18(24,10(7)15(21)26-3)11(8)16(22)27-4/h7-8,10-12,19,24H,6H2,1-5H3/t7-,8-,10-,11+,12-,18-/m0/s1. The first kappa shape index (κ1) is 21.7. The molecule has 0 aromatic heterocycles. The molecule has 2 N–H and O–H groups in total. The van der Waals surface area contributed by atoms with Gasteiger partial charge in [-0.25, -0.2) is 4.79 Å². The van der Waals surface area contributed by atoms with Gasteiger partial charge in [0.15, 0.2) is 0 Å². The quantitative estimate of drug-likeness (QED) is 0.478. The summed E-state index contributed by atoms with van der Waals surface area (Å²) in [5.74, 6) is -11.1. The van der Waals surface area contributed by atoms with E-state index >= 15 is 0 Å². The van der Waals surface area contributed by atoms with Crippen molar-refractivity contribution in [2.24, 2.45) is 29.6 Å². The summed E-state index contributed by atoms with van der Waals surface area (Å²) in [5, 5.41) is 22.4. The van der Waals surface area contributed by atoms with Gasteiger partial charge in [0.05, 0.1) is 45.8 Å². The average Bonchev–Trinajstić information content (AvgIpc) is 2.65. The number of aliphatic hydroxyl groups excluding tert-OH is 1. The third kappa shape index (κ3) is 2.92. The molecular formula is C18H24O10. The summed E-state index contributed by atoms with van der Waals surface area (Å²) in [6.45, 7) is 1.61. The maximum atomic E-state index is 12.6. The van der Waals surface area contributed by atoms with Gasteiger partial charge < -0.3 is 29.2 Å². The van der Waals surface area contributed by atoms with Crippen molar-refractivity contribution in [2.75, 3.05) is 28.4 Å². The molecule has 1 fully saturated rings. The topological polar surface area (TPSA) is 146 Å². The van der Waals surface area contributed by atoms with Crippen LogP contribution in [0.1, 0.15) is 13.3 Å². The van der Waals surface area contributed by atoms with Gasteiger partial charge in [-0.05, 0) is 12.3 Å². The minimum Gasteiger partial charge on any atom is -0.511 e. The maximum absolute atomic E-state index is 12.6. The summed E-state index contributed by atoms with van der Waals surface area (Å²) in [7, 11) is 4.26. The van der Waals surface area contributed by atoms with Gasteiger partial charge in [0.25, 0.3) is 0 Å². The molecule has 0 saturated heterocycles. The van der Waals surface area contributed by atoms with E-state index in [-0.39, 0.29) is 12.0 Å². The summed E-state index contributed by atoms with van der Waals surface area (Å²) in [5.41, 5.74) is -2.76. The van der Waals surface area contributed by atoms with Gasteiger partial charge in [0.2, 0.25) is 0 Å². The monoisotopic (exact) mass is 400 g/mol. The van der Waals surface area contributed by atoms with E-state index in [9.17, 15) is 29.4 Å². The zero-order valence-corrected chi connectivity index (χ0v) is 16.3. The van der Waals surface area contributed by atoms with E-state index in [1.807, 2.05) is 0 Å². The zero-order valence-electron chi connectivity index (χ0n) is 16.3. The van der Waals surface area contributed by atoms with E-state index in [4.69, 9.17) is 14.2 Å². The van der Waals surface area contributed by atoms with Crippen LogP contribution >= 0.6 is 0 Å².